The van der Waals surface area contributed by atoms with Gasteiger partial charge in [0.1, 0.15) is 5.60 Å². The van der Waals surface area contributed by atoms with Crippen LogP contribution in [0, 0.1) is 11.8 Å². The molecule has 0 saturated heterocycles. The monoisotopic (exact) mass is 211 g/mol. The third-order valence-electron chi connectivity index (χ3n) is 3.81. The van der Waals surface area contributed by atoms with Crippen molar-refractivity contribution in [3.05, 3.63) is 0 Å². The van der Waals surface area contributed by atoms with Crippen molar-refractivity contribution in [2.45, 2.75) is 45.1 Å². The summed E-state index contributed by atoms with van der Waals surface area (Å²) in [5.74, 6) is 0.341. The number of hydrogen-bond donors (Lipinski definition) is 1. The molecule has 4 nitrogen and oxygen atoms in total. The number of rotatable bonds is 1. The minimum absolute atomic E-state index is 0.178. The van der Waals surface area contributed by atoms with Crippen molar-refractivity contribution in [2.24, 2.45) is 17.0 Å². The molecule has 2 rings (SSSR count). The lowest BCUT2D eigenvalue weighted by Crippen LogP contribution is -2.38. The maximum absolute atomic E-state index is 10.8. The van der Waals surface area contributed by atoms with Gasteiger partial charge in [0.25, 0.3) is 0 Å². The molecule has 3 atom stereocenters. The maximum Gasteiger partial charge on any atom is 0.353 e. The molecule has 1 N–H and O–H groups in total. The smallest absolute Gasteiger partial charge is 0.353 e. The molecule has 0 bridgehead atoms. The first kappa shape index (κ1) is 10.5. The van der Waals surface area contributed by atoms with Gasteiger partial charge in [-0.2, -0.15) is 0 Å². The predicted octanol–water partition coefficient (Wildman–Crippen LogP) is 2.04. The second-order valence-electron chi connectivity index (χ2n) is 4.99. The number of carboxylic acids is 1. The predicted molar refractivity (Wildman–Crippen MR) is 55.7 cm³/mol. The van der Waals surface area contributed by atoms with Crippen LogP contribution in [-0.4, -0.2) is 22.4 Å². The number of carboxylic acid groups (broad SMARTS) is 1. The minimum Gasteiger partial charge on any atom is -0.477 e. The fourth-order valence-electron chi connectivity index (χ4n) is 2.55. The van der Waals surface area contributed by atoms with Crippen molar-refractivity contribution in [1.29, 1.82) is 0 Å². The molecule has 1 saturated carbocycles. The highest BCUT2D eigenvalue weighted by Crippen LogP contribution is 2.43. The number of carbonyl (C=O) groups is 1. The molecule has 1 aliphatic heterocycles. The van der Waals surface area contributed by atoms with Crippen LogP contribution in [-0.2, 0) is 9.63 Å². The molecule has 1 spiro atoms. The molecule has 0 radical (unpaired) electrons. The van der Waals surface area contributed by atoms with E-state index in [4.69, 9.17) is 9.94 Å². The van der Waals surface area contributed by atoms with Gasteiger partial charge in [0, 0.05) is 6.42 Å². The van der Waals surface area contributed by atoms with E-state index in [0.29, 0.717) is 18.3 Å². The summed E-state index contributed by atoms with van der Waals surface area (Å²) in [4.78, 5) is 16.1. The van der Waals surface area contributed by atoms with E-state index in [0.717, 1.165) is 19.3 Å². The van der Waals surface area contributed by atoms with E-state index in [1.165, 1.54) is 0 Å². The van der Waals surface area contributed by atoms with Crippen LogP contribution < -0.4 is 0 Å². The van der Waals surface area contributed by atoms with Gasteiger partial charge < -0.3 is 9.94 Å². The van der Waals surface area contributed by atoms with Crippen LogP contribution in [0.25, 0.3) is 0 Å². The molecule has 3 unspecified atom stereocenters. The van der Waals surface area contributed by atoms with Crippen LogP contribution in [0.5, 0.6) is 0 Å². The molecule has 4 heteroatoms. The molecule has 0 aromatic carbocycles. The molecule has 0 aromatic heterocycles. The second kappa shape index (κ2) is 3.51. The van der Waals surface area contributed by atoms with Crippen molar-refractivity contribution < 1.29 is 14.7 Å². The van der Waals surface area contributed by atoms with Crippen molar-refractivity contribution in [2.75, 3.05) is 0 Å². The average molecular weight is 211 g/mol. The fourth-order valence-corrected chi connectivity index (χ4v) is 2.55. The van der Waals surface area contributed by atoms with Gasteiger partial charge in [-0.25, -0.2) is 4.79 Å². The number of aliphatic carboxylic acids is 1. The third-order valence-corrected chi connectivity index (χ3v) is 3.81. The second-order valence-corrected chi connectivity index (χ2v) is 4.99. The Hall–Kier alpha value is -1.06. The summed E-state index contributed by atoms with van der Waals surface area (Å²) in [6.45, 7) is 4.44. The molecule has 15 heavy (non-hydrogen) atoms. The Morgan fingerprint density at radius 3 is 2.80 bits per heavy atom. The summed E-state index contributed by atoms with van der Waals surface area (Å²) in [5, 5.41) is 12.5. The quantitative estimate of drug-likeness (QED) is 0.722. The lowest BCUT2D eigenvalue weighted by molar-refractivity contribution is -0.129. The number of nitrogens with zero attached hydrogens (tertiary/aromatic N) is 1. The Kier molecular flexibility index (Phi) is 2.44. The lowest BCUT2D eigenvalue weighted by atomic mass is 9.71. The first-order chi connectivity index (χ1) is 7.02. The van der Waals surface area contributed by atoms with Gasteiger partial charge in [0.2, 0.25) is 0 Å². The zero-order valence-corrected chi connectivity index (χ0v) is 9.19. The number of hydrogen-bond acceptors (Lipinski definition) is 3. The number of oxime groups is 1. The van der Waals surface area contributed by atoms with Gasteiger partial charge in [0.05, 0.1) is 0 Å². The Bertz CT molecular complexity index is 313. The average Bonchev–Trinajstić information content (AvgIpc) is 2.57. The summed E-state index contributed by atoms with van der Waals surface area (Å²) in [7, 11) is 0. The highest BCUT2D eigenvalue weighted by atomic mass is 16.7. The van der Waals surface area contributed by atoms with Crippen LogP contribution in [0.2, 0.25) is 0 Å². The van der Waals surface area contributed by atoms with Crippen molar-refractivity contribution in [3.8, 4) is 0 Å². The van der Waals surface area contributed by atoms with Gasteiger partial charge >= 0.3 is 5.97 Å². The van der Waals surface area contributed by atoms with Crippen LogP contribution in [0.1, 0.15) is 39.5 Å². The molecular weight excluding hydrogens is 194 g/mol. The highest BCUT2D eigenvalue weighted by Gasteiger charge is 2.45. The molecular formula is C11H17NO3. The lowest BCUT2D eigenvalue weighted by Gasteiger charge is -2.37. The molecule has 84 valence electrons. The minimum atomic E-state index is -0.946. The van der Waals surface area contributed by atoms with Gasteiger partial charge in [0.15, 0.2) is 5.71 Å². The Balaban J connectivity index is 2.04. The standard InChI is InChI=1S/C11H17NO3/c1-7-3-4-11(5-8(7)2)6-9(10(13)14)12-15-11/h7-8H,3-6H2,1-2H3,(H,13,14). The molecule has 1 aliphatic carbocycles. The van der Waals surface area contributed by atoms with E-state index in [9.17, 15) is 4.79 Å². The van der Waals surface area contributed by atoms with E-state index in [1.54, 1.807) is 0 Å². The molecule has 2 aliphatic rings. The maximum atomic E-state index is 10.8. The van der Waals surface area contributed by atoms with Crippen LogP contribution in [0.15, 0.2) is 5.16 Å². The zero-order valence-electron chi connectivity index (χ0n) is 9.19. The molecule has 0 aromatic rings. The Morgan fingerprint density at radius 1 is 1.53 bits per heavy atom. The first-order valence-electron chi connectivity index (χ1n) is 5.51. The third kappa shape index (κ3) is 1.85. The Labute approximate surface area is 89.3 Å². The summed E-state index contributed by atoms with van der Waals surface area (Å²) in [5.41, 5.74) is -0.128. The van der Waals surface area contributed by atoms with Crippen molar-refractivity contribution in [1.82, 2.24) is 0 Å². The normalized spacial score (nSPS) is 40.0. The van der Waals surface area contributed by atoms with Crippen LogP contribution in [0.4, 0.5) is 0 Å². The van der Waals surface area contributed by atoms with Gasteiger partial charge in [-0.15, -0.1) is 0 Å². The van der Waals surface area contributed by atoms with Crippen LogP contribution >= 0.6 is 0 Å². The largest absolute Gasteiger partial charge is 0.477 e. The van der Waals surface area contributed by atoms with E-state index >= 15 is 0 Å². The highest BCUT2D eigenvalue weighted by molar-refractivity contribution is 6.36. The van der Waals surface area contributed by atoms with Gasteiger partial charge in [-0.05, 0) is 31.1 Å². The van der Waals surface area contributed by atoms with Crippen molar-refractivity contribution >= 4 is 11.7 Å². The van der Waals surface area contributed by atoms with Crippen LogP contribution in [0.3, 0.4) is 0 Å². The van der Waals surface area contributed by atoms with E-state index in [2.05, 4.69) is 19.0 Å². The van der Waals surface area contributed by atoms with Crippen molar-refractivity contribution in [3.63, 3.8) is 0 Å². The molecule has 1 fully saturated rings. The van der Waals surface area contributed by atoms with E-state index in [-0.39, 0.29) is 11.3 Å². The topological polar surface area (TPSA) is 58.9 Å². The van der Waals surface area contributed by atoms with Gasteiger partial charge in [-0.3, -0.25) is 0 Å². The first-order valence-corrected chi connectivity index (χ1v) is 5.51. The van der Waals surface area contributed by atoms with E-state index < -0.39 is 5.97 Å². The molecule has 0 amide bonds. The molecule has 1 heterocycles. The summed E-state index contributed by atoms with van der Waals surface area (Å²) in [6.07, 6.45) is 3.43. The van der Waals surface area contributed by atoms with Gasteiger partial charge in [-0.1, -0.05) is 19.0 Å². The summed E-state index contributed by atoms with van der Waals surface area (Å²) >= 11 is 0. The zero-order chi connectivity index (χ0) is 11.1. The fraction of sp³-hybridized carbons (Fsp3) is 0.818. The SMILES string of the molecule is CC1CCC2(CC(C(=O)O)=NO2)CC1C. The van der Waals surface area contributed by atoms with E-state index in [1.807, 2.05) is 0 Å². The summed E-state index contributed by atoms with van der Waals surface area (Å²) in [6, 6.07) is 0. The Morgan fingerprint density at radius 2 is 2.27 bits per heavy atom. The summed E-state index contributed by atoms with van der Waals surface area (Å²) < 4.78 is 0.